The van der Waals surface area contributed by atoms with Gasteiger partial charge in [-0.2, -0.15) is 15.0 Å². The van der Waals surface area contributed by atoms with Gasteiger partial charge in [-0.15, -0.1) is 0 Å². The Balaban J connectivity index is 2.34. The van der Waals surface area contributed by atoms with E-state index in [0.717, 1.165) is 5.56 Å². The summed E-state index contributed by atoms with van der Waals surface area (Å²) >= 11 is 5.99. The molecule has 28 heavy (non-hydrogen) atoms. The normalized spacial score (nSPS) is 12.6. The second kappa shape index (κ2) is 9.96. The highest BCUT2D eigenvalue weighted by molar-refractivity contribution is 6.68. The number of nitrogens with zero attached hydrogens (tertiary/aromatic N) is 4. The van der Waals surface area contributed by atoms with Crippen LogP contribution in [0.25, 0.3) is 11.4 Å². The fraction of sp³-hybridized carbons (Fsp3) is 0.300. The van der Waals surface area contributed by atoms with E-state index in [4.69, 9.17) is 11.6 Å². The number of anilines is 2. The molecule has 0 fully saturated rings. The average molecular weight is 401 g/mol. The van der Waals surface area contributed by atoms with Crippen molar-refractivity contribution in [2.45, 2.75) is 20.8 Å². The van der Waals surface area contributed by atoms with Gasteiger partial charge in [0.1, 0.15) is 5.17 Å². The van der Waals surface area contributed by atoms with E-state index in [9.17, 15) is 5.11 Å². The van der Waals surface area contributed by atoms with Crippen LogP contribution in [-0.4, -0.2) is 38.4 Å². The number of halogens is 1. The first-order valence-electron chi connectivity index (χ1n) is 8.79. The topological polar surface area (TPSA) is 95.3 Å². The van der Waals surface area contributed by atoms with Gasteiger partial charge in [-0.25, -0.2) is 4.99 Å². The molecular formula is C20H25ClN6O. The minimum Gasteiger partial charge on any atom is -0.396 e. The molecule has 0 aliphatic carbocycles. The van der Waals surface area contributed by atoms with Crippen molar-refractivity contribution in [3.8, 4) is 11.4 Å². The third kappa shape index (κ3) is 6.75. The first-order valence-corrected chi connectivity index (χ1v) is 9.16. The summed E-state index contributed by atoms with van der Waals surface area (Å²) in [6, 6.07) is 9.63. The zero-order valence-electron chi connectivity index (χ0n) is 16.3. The fourth-order valence-corrected chi connectivity index (χ4v) is 2.35. The molecule has 8 heteroatoms. The number of allylic oxidation sites excluding steroid dienone is 2. The quantitative estimate of drug-likeness (QED) is 0.549. The van der Waals surface area contributed by atoms with E-state index in [2.05, 4.69) is 37.2 Å². The predicted octanol–water partition coefficient (Wildman–Crippen LogP) is 4.07. The lowest BCUT2D eigenvalue weighted by molar-refractivity contribution is 0.170. The highest BCUT2D eigenvalue weighted by Crippen LogP contribution is 2.20. The lowest BCUT2D eigenvalue weighted by atomic mass is 9.95. The Morgan fingerprint density at radius 2 is 1.89 bits per heavy atom. The van der Waals surface area contributed by atoms with Crippen LogP contribution in [0.15, 0.2) is 59.9 Å². The van der Waals surface area contributed by atoms with Gasteiger partial charge in [0.15, 0.2) is 5.82 Å². The summed E-state index contributed by atoms with van der Waals surface area (Å²) in [5, 5.41) is 16.0. The van der Waals surface area contributed by atoms with Gasteiger partial charge in [-0.1, -0.05) is 62.4 Å². The molecule has 0 aliphatic heterocycles. The molecule has 1 heterocycles. The van der Waals surface area contributed by atoms with E-state index in [-0.39, 0.29) is 12.0 Å². The van der Waals surface area contributed by atoms with Gasteiger partial charge < -0.3 is 15.7 Å². The maximum absolute atomic E-state index is 9.46. The molecule has 0 radical (unpaired) electrons. The van der Waals surface area contributed by atoms with E-state index in [1.165, 1.54) is 6.20 Å². The van der Waals surface area contributed by atoms with Crippen LogP contribution in [0.5, 0.6) is 0 Å². The number of aliphatic imine (C=N–C) groups is 1. The van der Waals surface area contributed by atoms with E-state index in [0.29, 0.717) is 35.1 Å². The minimum atomic E-state index is -0.308. The van der Waals surface area contributed by atoms with Crippen LogP contribution in [0, 0.1) is 5.41 Å². The van der Waals surface area contributed by atoms with E-state index < -0.39 is 0 Å². The molecule has 0 amide bonds. The molecule has 0 bridgehead atoms. The highest BCUT2D eigenvalue weighted by atomic mass is 35.5. The molecule has 0 saturated carbocycles. The molecular weight excluding hydrogens is 376 g/mol. The number of rotatable bonds is 9. The largest absolute Gasteiger partial charge is 0.396 e. The molecule has 1 aromatic heterocycles. The number of hydrogen-bond acceptors (Lipinski definition) is 7. The number of hydrogen-bond donors (Lipinski definition) is 3. The summed E-state index contributed by atoms with van der Waals surface area (Å²) in [7, 11) is 0. The molecule has 0 spiro atoms. The molecule has 148 valence electrons. The third-order valence-electron chi connectivity index (χ3n) is 3.68. The summed E-state index contributed by atoms with van der Waals surface area (Å²) in [6.45, 7) is 9.80. The van der Waals surface area contributed by atoms with Crippen molar-refractivity contribution in [2.24, 2.45) is 10.4 Å². The summed E-state index contributed by atoms with van der Waals surface area (Å²) in [4.78, 5) is 17.3. The molecule has 0 saturated heterocycles. The Morgan fingerprint density at radius 3 is 2.54 bits per heavy atom. The Morgan fingerprint density at radius 1 is 1.21 bits per heavy atom. The van der Waals surface area contributed by atoms with Crippen molar-refractivity contribution in [1.82, 2.24) is 15.0 Å². The Kier molecular flexibility index (Phi) is 7.66. The first-order chi connectivity index (χ1) is 13.3. The Bertz CT molecular complexity index is 864. The first kappa shape index (κ1) is 21.5. The Labute approximate surface area is 170 Å². The van der Waals surface area contributed by atoms with Crippen LogP contribution in [0.3, 0.4) is 0 Å². The van der Waals surface area contributed by atoms with Gasteiger partial charge in [-0.05, 0) is 13.0 Å². The number of aliphatic hydroxyl groups excluding tert-OH is 1. The van der Waals surface area contributed by atoms with Gasteiger partial charge in [0.2, 0.25) is 11.9 Å². The van der Waals surface area contributed by atoms with Gasteiger partial charge in [0.05, 0.1) is 0 Å². The Hall–Kier alpha value is -2.77. The van der Waals surface area contributed by atoms with E-state index in [1.807, 2.05) is 51.1 Å². The lowest BCUT2D eigenvalue weighted by Crippen LogP contribution is -2.27. The second-order valence-corrected chi connectivity index (χ2v) is 7.32. The molecule has 1 aromatic carbocycles. The van der Waals surface area contributed by atoms with Crippen molar-refractivity contribution < 1.29 is 5.11 Å². The zero-order valence-corrected chi connectivity index (χ0v) is 17.0. The molecule has 3 N–H and O–H groups in total. The van der Waals surface area contributed by atoms with Crippen molar-refractivity contribution in [3.63, 3.8) is 0 Å². The molecule has 0 atom stereocenters. The van der Waals surface area contributed by atoms with Crippen LogP contribution in [0.2, 0.25) is 0 Å². The van der Waals surface area contributed by atoms with Crippen molar-refractivity contribution >= 4 is 28.7 Å². The summed E-state index contributed by atoms with van der Waals surface area (Å²) in [5.74, 6) is 1.31. The number of aliphatic hydroxyl groups is 1. The zero-order chi connectivity index (χ0) is 20.6. The SMILES string of the molecule is C=C/N=C(Cl)\C=C(/C)Nc1nc(NCC(C)(C)CO)nc(-c2ccccc2)n1. The van der Waals surface area contributed by atoms with E-state index >= 15 is 0 Å². The van der Waals surface area contributed by atoms with Gasteiger partial charge in [-0.3, -0.25) is 0 Å². The summed E-state index contributed by atoms with van der Waals surface area (Å²) in [5.41, 5.74) is 1.27. The van der Waals surface area contributed by atoms with E-state index in [1.54, 1.807) is 6.08 Å². The molecule has 0 unspecified atom stereocenters. The highest BCUT2D eigenvalue weighted by Gasteiger charge is 2.17. The number of nitrogens with one attached hydrogen (secondary N) is 2. The molecule has 0 aliphatic rings. The fourth-order valence-electron chi connectivity index (χ4n) is 2.12. The predicted molar refractivity (Wildman–Crippen MR) is 115 cm³/mol. The minimum absolute atomic E-state index is 0.0463. The lowest BCUT2D eigenvalue weighted by Gasteiger charge is -2.22. The standard InChI is InChI=1S/C20H25ClN6O/c1-5-22-16(21)11-14(2)24-19-26-17(15-9-7-6-8-10-15)25-18(27-19)23-12-20(3,4)13-28/h5-11,28H,1,12-13H2,2-4H3,(H2,23,24,25,26,27)/b14-11+,22-16+. The summed E-state index contributed by atoms with van der Waals surface area (Å²) < 4.78 is 0. The van der Waals surface area contributed by atoms with Crippen LogP contribution >= 0.6 is 11.6 Å². The summed E-state index contributed by atoms with van der Waals surface area (Å²) in [6.07, 6.45) is 3.02. The number of aromatic nitrogens is 3. The van der Waals surface area contributed by atoms with Gasteiger partial charge in [0, 0.05) is 36.0 Å². The van der Waals surface area contributed by atoms with Crippen molar-refractivity contribution in [2.75, 3.05) is 23.8 Å². The third-order valence-corrected chi connectivity index (χ3v) is 3.89. The maximum Gasteiger partial charge on any atom is 0.232 e. The smallest absolute Gasteiger partial charge is 0.232 e. The van der Waals surface area contributed by atoms with Crippen LogP contribution in [0.4, 0.5) is 11.9 Å². The second-order valence-electron chi connectivity index (χ2n) is 6.93. The monoisotopic (exact) mass is 400 g/mol. The van der Waals surface area contributed by atoms with Crippen LogP contribution < -0.4 is 10.6 Å². The van der Waals surface area contributed by atoms with Gasteiger partial charge in [0.25, 0.3) is 0 Å². The van der Waals surface area contributed by atoms with Crippen molar-refractivity contribution in [1.29, 1.82) is 0 Å². The molecule has 7 nitrogen and oxygen atoms in total. The molecule has 2 rings (SSSR count). The number of benzene rings is 1. The maximum atomic E-state index is 9.46. The van der Waals surface area contributed by atoms with Crippen molar-refractivity contribution in [3.05, 3.63) is 54.9 Å². The van der Waals surface area contributed by atoms with Crippen LogP contribution in [0.1, 0.15) is 20.8 Å². The van der Waals surface area contributed by atoms with Gasteiger partial charge >= 0.3 is 0 Å². The molecule has 2 aromatic rings. The average Bonchev–Trinajstić information content (AvgIpc) is 2.67. The van der Waals surface area contributed by atoms with Crippen LogP contribution in [-0.2, 0) is 0 Å².